The van der Waals surface area contributed by atoms with Crippen LogP contribution in [0, 0.1) is 6.92 Å². The van der Waals surface area contributed by atoms with Gasteiger partial charge in [0.15, 0.2) is 0 Å². The summed E-state index contributed by atoms with van der Waals surface area (Å²) in [7, 11) is 0. The van der Waals surface area contributed by atoms with E-state index in [2.05, 4.69) is 81.2 Å². The molecule has 2 rings (SSSR count). The van der Waals surface area contributed by atoms with E-state index in [9.17, 15) is 0 Å². The van der Waals surface area contributed by atoms with Crippen molar-refractivity contribution in [2.24, 2.45) is 0 Å². The quantitative estimate of drug-likeness (QED) is 0.820. The van der Waals surface area contributed by atoms with Crippen LogP contribution in [0.5, 0.6) is 0 Å². The lowest BCUT2D eigenvalue weighted by Crippen LogP contribution is -2.21. The number of hydrogen-bond donors (Lipinski definition) is 0. The number of aromatic nitrogens is 2. The van der Waals surface area contributed by atoms with Gasteiger partial charge in [0.05, 0.1) is 11.4 Å². The minimum Gasteiger partial charge on any atom is -0.155 e. The minimum atomic E-state index is 0.0712. The SMILES string of the molecule is Cc1ccc(C(C)(C)Cc2ccc(C(C)C)nn2)cc1. The van der Waals surface area contributed by atoms with Gasteiger partial charge in [-0.15, -0.1) is 0 Å². The predicted octanol–water partition coefficient (Wildman–Crippen LogP) is 4.43. The molecule has 0 fully saturated rings. The standard InChI is InChI=1S/C18H24N2/c1-13(2)17-11-10-16(19-20-17)12-18(4,5)15-8-6-14(3)7-9-15/h6-11,13H,12H2,1-5H3. The van der Waals surface area contributed by atoms with Crippen LogP contribution < -0.4 is 0 Å². The zero-order valence-electron chi connectivity index (χ0n) is 13.1. The maximum atomic E-state index is 4.38. The lowest BCUT2D eigenvalue weighted by molar-refractivity contribution is 0.510. The van der Waals surface area contributed by atoms with E-state index in [0.717, 1.165) is 17.8 Å². The number of benzene rings is 1. The number of rotatable bonds is 4. The van der Waals surface area contributed by atoms with Crippen molar-refractivity contribution in [2.75, 3.05) is 0 Å². The lowest BCUT2D eigenvalue weighted by atomic mass is 9.80. The number of hydrogen-bond acceptors (Lipinski definition) is 2. The molecular weight excluding hydrogens is 244 g/mol. The van der Waals surface area contributed by atoms with Gasteiger partial charge in [0.1, 0.15) is 0 Å². The molecule has 2 aromatic rings. The van der Waals surface area contributed by atoms with Gasteiger partial charge >= 0.3 is 0 Å². The van der Waals surface area contributed by atoms with Crippen LogP contribution in [0.3, 0.4) is 0 Å². The average Bonchev–Trinajstić information content (AvgIpc) is 2.39. The predicted molar refractivity (Wildman–Crippen MR) is 84.0 cm³/mol. The molecule has 0 radical (unpaired) electrons. The summed E-state index contributed by atoms with van der Waals surface area (Å²) in [6, 6.07) is 13.0. The topological polar surface area (TPSA) is 25.8 Å². The van der Waals surface area contributed by atoms with E-state index in [1.165, 1.54) is 11.1 Å². The highest BCUT2D eigenvalue weighted by Crippen LogP contribution is 2.27. The Bertz CT molecular complexity index is 551. The van der Waals surface area contributed by atoms with Gasteiger partial charge in [-0.3, -0.25) is 0 Å². The van der Waals surface area contributed by atoms with Crippen molar-refractivity contribution in [3.05, 3.63) is 58.9 Å². The summed E-state index contributed by atoms with van der Waals surface area (Å²) in [5.74, 6) is 0.432. The van der Waals surface area contributed by atoms with Gasteiger partial charge in [-0.1, -0.05) is 57.5 Å². The van der Waals surface area contributed by atoms with Gasteiger partial charge in [0.2, 0.25) is 0 Å². The Hall–Kier alpha value is -1.70. The maximum absolute atomic E-state index is 4.38. The van der Waals surface area contributed by atoms with E-state index < -0.39 is 0 Å². The molecule has 106 valence electrons. The minimum absolute atomic E-state index is 0.0712. The molecule has 2 heteroatoms. The highest BCUT2D eigenvalue weighted by atomic mass is 15.1. The van der Waals surface area contributed by atoms with Gasteiger partial charge in [0, 0.05) is 6.42 Å². The van der Waals surface area contributed by atoms with E-state index in [4.69, 9.17) is 0 Å². The van der Waals surface area contributed by atoms with Gasteiger partial charge in [-0.2, -0.15) is 10.2 Å². The molecule has 20 heavy (non-hydrogen) atoms. The third-order valence-electron chi connectivity index (χ3n) is 3.79. The maximum Gasteiger partial charge on any atom is 0.0656 e. The Kier molecular flexibility index (Phi) is 4.22. The lowest BCUT2D eigenvalue weighted by Gasteiger charge is -2.25. The Labute approximate surface area is 122 Å². The molecule has 0 spiro atoms. The van der Waals surface area contributed by atoms with Crippen molar-refractivity contribution >= 4 is 0 Å². The molecule has 2 nitrogen and oxygen atoms in total. The van der Waals surface area contributed by atoms with E-state index >= 15 is 0 Å². The summed E-state index contributed by atoms with van der Waals surface area (Å²) < 4.78 is 0. The van der Waals surface area contributed by atoms with E-state index in [-0.39, 0.29) is 5.41 Å². The fraction of sp³-hybridized carbons (Fsp3) is 0.444. The van der Waals surface area contributed by atoms with E-state index in [1.54, 1.807) is 0 Å². The summed E-state index contributed by atoms with van der Waals surface area (Å²) in [5, 5.41) is 8.70. The second-order valence-electron chi connectivity index (χ2n) is 6.53. The summed E-state index contributed by atoms with van der Waals surface area (Å²) in [6.45, 7) is 10.9. The van der Waals surface area contributed by atoms with Crippen LogP contribution in [0.25, 0.3) is 0 Å². The van der Waals surface area contributed by atoms with Crippen LogP contribution in [0.2, 0.25) is 0 Å². The second-order valence-corrected chi connectivity index (χ2v) is 6.53. The Morgan fingerprint density at radius 2 is 1.60 bits per heavy atom. The number of nitrogens with zero attached hydrogens (tertiary/aromatic N) is 2. The largest absolute Gasteiger partial charge is 0.155 e. The molecule has 1 heterocycles. The Balaban J connectivity index is 2.17. The zero-order chi connectivity index (χ0) is 14.8. The first kappa shape index (κ1) is 14.7. The molecule has 0 amide bonds. The molecule has 0 aliphatic rings. The monoisotopic (exact) mass is 268 g/mol. The van der Waals surface area contributed by atoms with Gasteiger partial charge in [0.25, 0.3) is 0 Å². The summed E-state index contributed by atoms with van der Waals surface area (Å²) in [6.07, 6.45) is 0.904. The molecule has 0 saturated carbocycles. The molecule has 0 unspecified atom stereocenters. The molecule has 0 aliphatic heterocycles. The fourth-order valence-electron chi connectivity index (χ4n) is 2.33. The van der Waals surface area contributed by atoms with Crippen LogP contribution in [0.4, 0.5) is 0 Å². The van der Waals surface area contributed by atoms with Crippen LogP contribution in [0.15, 0.2) is 36.4 Å². The van der Waals surface area contributed by atoms with Crippen molar-refractivity contribution in [2.45, 2.75) is 52.4 Å². The molecular formula is C18H24N2. The smallest absolute Gasteiger partial charge is 0.0656 e. The van der Waals surface area contributed by atoms with Crippen molar-refractivity contribution in [3.8, 4) is 0 Å². The van der Waals surface area contributed by atoms with Crippen molar-refractivity contribution < 1.29 is 0 Å². The average molecular weight is 268 g/mol. The summed E-state index contributed by atoms with van der Waals surface area (Å²) >= 11 is 0. The molecule has 1 aromatic carbocycles. The fourth-order valence-corrected chi connectivity index (χ4v) is 2.33. The summed E-state index contributed by atoms with van der Waals surface area (Å²) in [4.78, 5) is 0. The first-order chi connectivity index (χ1) is 9.38. The van der Waals surface area contributed by atoms with Gasteiger partial charge < -0.3 is 0 Å². The van der Waals surface area contributed by atoms with E-state index in [0.29, 0.717) is 5.92 Å². The zero-order valence-corrected chi connectivity index (χ0v) is 13.1. The Morgan fingerprint density at radius 1 is 0.950 bits per heavy atom. The van der Waals surface area contributed by atoms with Crippen LogP contribution in [0.1, 0.15) is 56.1 Å². The molecule has 1 aromatic heterocycles. The Morgan fingerprint density at radius 3 is 2.10 bits per heavy atom. The first-order valence-corrected chi connectivity index (χ1v) is 7.28. The van der Waals surface area contributed by atoms with Crippen LogP contribution >= 0.6 is 0 Å². The highest BCUT2D eigenvalue weighted by Gasteiger charge is 2.22. The van der Waals surface area contributed by atoms with Crippen molar-refractivity contribution in [3.63, 3.8) is 0 Å². The normalized spacial score (nSPS) is 11.9. The van der Waals surface area contributed by atoms with Crippen molar-refractivity contribution in [1.29, 1.82) is 0 Å². The van der Waals surface area contributed by atoms with Crippen molar-refractivity contribution in [1.82, 2.24) is 10.2 Å². The highest BCUT2D eigenvalue weighted by molar-refractivity contribution is 5.29. The molecule has 0 bridgehead atoms. The third-order valence-corrected chi connectivity index (χ3v) is 3.79. The first-order valence-electron chi connectivity index (χ1n) is 7.28. The number of aryl methyl sites for hydroxylation is 1. The summed E-state index contributed by atoms with van der Waals surface area (Å²) in [5.41, 5.74) is 4.83. The van der Waals surface area contributed by atoms with Crippen LogP contribution in [-0.4, -0.2) is 10.2 Å². The third kappa shape index (κ3) is 3.44. The van der Waals surface area contributed by atoms with E-state index in [1.807, 2.05) is 0 Å². The van der Waals surface area contributed by atoms with Crippen LogP contribution in [-0.2, 0) is 11.8 Å². The van der Waals surface area contributed by atoms with Gasteiger partial charge in [-0.05, 0) is 36.0 Å². The second kappa shape index (κ2) is 5.74. The van der Waals surface area contributed by atoms with Gasteiger partial charge in [-0.25, -0.2) is 0 Å². The molecule has 0 saturated heterocycles. The molecule has 0 atom stereocenters. The molecule has 0 aliphatic carbocycles. The molecule has 0 N–H and O–H groups in total.